The second-order valence-electron chi connectivity index (χ2n) is 6.07. The molecule has 0 saturated carbocycles. The van der Waals surface area contributed by atoms with E-state index in [4.69, 9.17) is 14.2 Å². The summed E-state index contributed by atoms with van der Waals surface area (Å²) in [4.78, 5) is 35.3. The van der Waals surface area contributed by atoms with Gasteiger partial charge in [0.25, 0.3) is 11.6 Å². The molecule has 0 spiro atoms. The number of carbonyl (C=O) groups excluding carboxylic acids is 2. The fraction of sp³-hybridized carbons (Fsp3) is 0.200. The van der Waals surface area contributed by atoms with Crippen molar-refractivity contribution in [1.82, 2.24) is 5.32 Å². The van der Waals surface area contributed by atoms with Crippen molar-refractivity contribution in [2.75, 3.05) is 13.4 Å². The van der Waals surface area contributed by atoms with Gasteiger partial charge < -0.3 is 19.5 Å². The Kier molecular flexibility index (Phi) is 6.08. The second kappa shape index (κ2) is 8.87. The average molecular weight is 398 g/mol. The molecule has 9 nitrogen and oxygen atoms in total. The molecule has 0 atom stereocenters. The smallest absolute Gasteiger partial charge is 0.354 e. The van der Waals surface area contributed by atoms with E-state index in [1.807, 2.05) is 6.92 Å². The number of nitro benzene ring substituents is 1. The molecule has 0 radical (unpaired) electrons. The normalized spacial score (nSPS) is 12.4. The third-order valence-electron chi connectivity index (χ3n) is 3.93. The van der Waals surface area contributed by atoms with E-state index >= 15 is 0 Å². The van der Waals surface area contributed by atoms with E-state index in [0.717, 1.165) is 6.07 Å². The molecule has 150 valence electrons. The van der Waals surface area contributed by atoms with E-state index in [1.54, 1.807) is 18.2 Å². The van der Waals surface area contributed by atoms with Crippen molar-refractivity contribution >= 4 is 23.6 Å². The van der Waals surface area contributed by atoms with Crippen LogP contribution in [0.5, 0.6) is 11.5 Å². The number of fused-ring (bicyclic) bond motifs is 1. The van der Waals surface area contributed by atoms with Crippen LogP contribution in [0.2, 0.25) is 0 Å². The zero-order valence-corrected chi connectivity index (χ0v) is 15.5. The van der Waals surface area contributed by atoms with Gasteiger partial charge in [0.2, 0.25) is 6.79 Å². The number of benzene rings is 2. The average Bonchev–Trinajstić information content (AvgIpc) is 3.19. The number of nitrogens with one attached hydrogen (secondary N) is 1. The minimum Gasteiger partial charge on any atom is -0.461 e. The molecule has 2 aromatic carbocycles. The van der Waals surface area contributed by atoms with Crippen LogP contribution in [0.1, 0.15) is 29.3 Å². The summed E-state index contributed by atoms with van der Waals surface area (Å²) < 4.78 is 15.7. The molecule has 2 aromatic rings. The van der Waals surface area contributed by atoms with Crippen molar-refractivity contribution in [3.63, 3.8) is 0 Å². The maximum Gasteiger partial charge on any atom is 0.354 e. The Morgan fingerprint density at radius 1 is 1.21 bits per heavy atom. The first-order chi connectivity index (χ1) is 14.0. The van der Waals surface area contributed by atoms with Crippen molar-refractivity contribution in [1.29, 1.82) is 0 Å². The summed E-state index contributed by atoms with van der Waals surface area (Å²) in [6, 6.07) is 10.3. The molecule has 9 heteroatoms. The number of amides is 1. The molecule has 1 aliphatic rings. The third-order valence-corrected chi connectivity index (χ3v) is 3.93. The van der Waals surface area contributed by atoms with Crippen LogP contribution >= 0.6 is 0 Å². The van der Waals surface area contributed by atoms with Crippen LogP contribution in [0.4, 0.5) is 5.69 Å². The topological polar surface area (TPSA) is 117 Å². The maximum absolute atomic E-state index is 12.6. The molecule has 0 bridgehead atoms. The van der Waals surface area contributed by atoms with E-state index in [2.05, 4.69) is 5.32 Å². The molecular formula is C20H18N2O7. The summed E-state index contributed by atoms with van der Waals surface area (Å²) in [6.07, 6.45) is 2.05. The number of hydrogen-bond donors (Lipinski definition) is 1. The number of ether oxygens (including phenoxy) is 3. The number of non-ortho nitro benzene ring substituents is 1. The van der Waals surface area contributed by atoms with Gasteiger partial charge in [-0.1, -0.05) is 19.1 Å². The van der Waals surface area contributed by atoms with Gasteiger partial charge in [0.15, 0.2) is 11.5 Å². The second-order valence-corrected chi connectivity index (χ2v) is 6.07. The molecule has 1 amide bonds. The zero-order chi connectivity index (χ0) is 20.8. The van der Waals surface area contributed by atoms with Crippen LogP contribution in [0.3, 0.4) is 0 Å². The first-order valence-corrected chi connectivity index (χ1v) is 8.82. The Morgan fingerprint density at radius 2 is 2.00 bits per heavy atom. The third kappa shape index (κ3) is 4.89. The number of esters is 1. The highest BCUT2D eigenvalue weighted by Crippen LogP contribution is 2.33. The number of rotatable bonds is 7. The van der Waals surface area contributed by atoms with E-state index in [1.165, 1.54) is 24.3 Å². The van der Waals surface area contributed by atoms with Crippen molar-refractivity contribution in [2.24, 2.45) is 0 Å². The molecule has 1 N–H and O–H groups in total. The van der Waals surface area contributed by atoms with Gasteiger partial charge >= 0.3 is 5.97 Å². The van der Waals surface area contributed by atoms with Crippen molar-refractivity contribution in [3.8, 4) is 11.5 Å². The quantitative estimate of drug-likeness (QED) is 0.330. The molecular weight excluding hydrogens is 380 g/mol. The lowest BCUT2D eigenvalue weighted by Crippen LogP contribution is -2.28. The Hall–Kier alpha value is -3.88. The van der Waals surface area contributed by atoms with Gasteiger partial charge in [0.05, 0.1) is 11.5 Å². The molecule has 3 rings (SSSR count). The summed E-state index contributed by atoms with van der Waals surface area (Å²) in [6.45, 7) is 2.14. The van der Waals surface area contributed by atoms with Crippen LogP contribution in [-0.4, -0.2) is 30.2 Å². The van der Waals surface area contributed by atoms with Crippen LogP contribution in [0.15, 0.2) is 48.2 Å². The molecule has 0 aliphatic carbocycles. The molecule has 1 heterocycles. The molecule has 0 aromatic heterocycles. The van der Waals surface area contributed by atoms with Gasteiger partial charge in [-0.3, -0.25) is 14.9 Å². The van der Waals surface area contributed by atoms with Gasteiger partial charge in [-0.15, -0.1) is 0 Å². The highest BCUT2D eigenvalue weighted by Gasteiger charge is 2.19. The van der Waals surface area contributed by atoms with Crippen LogP contribution in [-0.2, 0) is 9.53 Å². The largest absolute Gasteiger partial charge is 0.461 e. The molecule has 0 saturated heterocycles. The van der Waals surface area contributed by atoms with Gasteiger partial charge in [-0.25, -0.2) is 4.79 Å². The van der Waals surface area contributed by atoms with Gasteiger partial charge in [0, 0.05) is 17.7 Å². The molecule has 0 unspecified atom stereocenters. The molecule has 29 heavy (non-hydrogen) atoms. The molecule has 0 fully saturated rings. The fourth-order valence-corrected chi connectivity index (χ4v) is 2.54. The monoisotopic (exact) mass is 398 g/mol. The number of hydrogen-bond acceptors (Lipinski definition) is 7. The maximum atomic E-state index is 12.6. The van der Waals surface area contributed by atoms with Crippen LogP contribution in [0, 0.1) is 10.1 Å². The number of carbonyl (C=O) groups is 2. The Morgan fingerprint density at radius 3 is 2.76 bits per heavy atom. The Balaban J connectivity index is 1.87. The number of nitrogens with zero attached hydrogens (tertiary/aromatic N) is 1. The minimum absolute atomic E-state index is 0.0408. The minimum atomic E-state index is -0.719. The van der Waals surface area contributed by atoms with E-state index < -0.39 is 16.8 Å². The predicted molar refractivity (Wildman–Crippen MR) is 102 cm³/mol. The first kappa shape index (κ1) is 19.9. The predicted octanol–water partition coefficient (Wildman–Crippen LogP) is 3.05. The van der Waals surface area contributed by atoms with Gasteiger partial charge in [-0.05, 0) is 36.3 Å². The fourth-order valence-electron chi connectivity index (χ4n) is 2.54. The summed E-state index contributed by atoms with van der Waals surface area (Å²) >= 11 is 0. The summed E-state index contributed by atoms with van der Waals surface area (Å²) in [5, 5.41) is 13.4. The SMILES string of the molecule is CCCOC(=O)/C(=C/c1ccc2c(c1)OCO2)NC(=O)c1cccc([N+](=O)[O-])c1. The lowest BCUT2D eigenvalue weighted by molar-refractivity contribution is -0.384. The van der Waals surface area contributed by atoms with Crippen LogP contribution < -0.4 is 14.8 Å². The highest BCUT2D eigenvalue weighted by atomic mass is 16.7. The zero-order valence-electron chi connectivity index (χ0n) is 15.5. The van der Waals surface area contributed by atoms with Crippen LogP contribution in [0.25, 0.3) is 6.08 Å². The molecule has 1 aliphatic heterocycles. The van der Waals surface area contributed by atoms with Crippen molar-refractivity contribution in [2.45, 2.75) is 13.3 Å². The first-order valence-electron chi connectivity index (χ1n) is 8.82. The van der Waals surface area contributed by atoms with Gasteiger partial charge in [-0.2, -0.15) is 0 Å². The van der Waals surface area contributed by atoms with Gasteiger partial charge in [0.1, 0.15) is 5.70 Å². The lowest BCUT2D eigenvalue weighted by atomic mass is 10.1. The van der Waals surface area contributed by atoms with E-state index in [9.17, 15) is 19.7 Å². The Labute approximate surface area is 166 Å². The summed E-state index contributed by atoms with van der Waals surface area (Å²) in [5.41, 5.74) is 0.289. The highest BCUT2D eigenvalue weighted by molar-refractivity contribution is 6.03. The number of nitro groups is 1. The lowest BCUT2D eigenvalue weighted by Gasteiger charge is -2.10. The van der Waals surface area contributed by atoms with Crippen molar-refractivity contribution < 1.29 is 28.7 Å². The summed E-state index contributed by atoms with van der Waals surface area (Å²) in [7, 11) is 0. The van der Waals surface area contributed by atoms with E-state index in [0.29, 0.717) is 23.5 Å². The van der Waals surface area contributed by atoms with E-state index in [-0.39, 0.29) is 30.3 Å². The van der Waals surface area contributed by atoms with Crippen molar-refractivity contribution in [3.05, 3.63) is 69.4 Å². The standard InChI is InChI=1S/C20H18N2O7/c1-2-8-27-20(24)16(9-13-6-7-17-18(10-13)29-12-28-17)21-19(23)14-4-3-5-15(11-14)22(25)26/h3-7,9-11H,2,8,12H2,1H3,(H,21,23)/b16-9-. The summed E-state index contributed by atoms with van der Waals surface area (Å²) in [5.74, 6) is -0.291. The Bertz CT molecular complexity index is 985.